The smallest absolute Gasteiger partial charge is 0.418 e. The lowest BCUT2D eigenvalue weighted by atomic mass is 10.0. The van der Waals surface area contributed by atoms with Crippen LogP contribution in [0.15, 0.2) is 97.1 Å². The second-order valence-electron chi connectivity index (χ2n) is 8.57. The number of hydrogen-bond donors (Lipinski definition) is 1. The lowest BCUT2D eigenvalue weighted by Gasteiger charge is -2.11. The summed E-state index contributed by atoms with van der Waals surface area (Å²) in [5.41, 5.74) is 7.88. The number of primary amides is 1. The molecule has 0 bridgehead atoms. The van der Waals surface area contributed by atoms with E-state index in [0.717, 1.165) is 17.2 Å². The molecule has 186 valence electrons. The summed E-state index contributed by atoms with van der Waals surface area (Å²) in [7, 11) is 0. The van der Waals surface area contributed by atoms with Crippen molar-refractivity contribution in [3.8, 4) is 17.0 Å². The SMILES string of the molecule is NC(=O)c1cccc(COc2ccc(-c3c4cccc(C(F)(F)F)c4nn3Cc3ccccc3)cc2)c1. The third-order valence-electron chi connectivity index (χ3n) is 6.00. The van der Waals surface area contributed by atoms with Crippen LogP contribution >= 0.6 is 0 Å². The quantitative estimate of drug-likeness (QED) is 0.279. The van der Waals surface area contributed by atoms with Gasteiger partial charge in [0.1, 0.15) is 17.9 Å². The first-order chi connectivity index (χ1) is 17.8. The third kappa shape index (κ3) is 5.18. The molecule has 0 aliphatic carbocycles. The molecule has 0 fully saturated rings. The highest BCUT2D eigenvalue weighted by atomic mass is 19.4. The first-order valence-corrected chi connectivity index (χ1v) is 11.5. The molecule has 2 N–H and O–H groups in total. The van der Waals surface area contributed by atoms with Crippen LogP contribution in [-0.2, 0) is 19.3 Å². The third-order valence-corrected chi connectivity index (χ3v) is 6.00. The van der Waals surface area contributed by atoms with Crippen LogP contribution in [0.5, 0.6) is 5.75 Å². The molecule has 37 heavy (non-hydrogen) atoms. The van der Waals surface area contributed by atoms with Crippen molar-refractivity contribution in [2.75, 3.05) is 0 Å². The van der Waals surface area contributed by atoms with Crippen LogP contribution in [0.2, 0.25) is 0 Å². The Kier molecular flexibility index (Phi) is 6.40. The Balaban J connectivity index is 1.49. The molecule has 0 unspecified atom stereocenters. The van der Waals surface area contributed by atoms with Gasteiger partial charge in [0.25, 0.3) is 0 Å². The number of aromatic nitrogens is 2. The molecule has 0 aliphatic heterocycles. The van der Waals surface area contributed by atoms with Gasteiger partial charge in [0, 0.05) is 16.5 Å². The van der Waals surface area contributed by atoms with Crippen LogP contribution in [0.25, 0.3) is 22.2 Å². The molecule has 1 aromatic heterocycles. The second kappa shape index (κ2) is 9.81. The van der Waals surface area contributed by atoms with Crippen LogP contribution in [-0.4, -0.2) is 15.7 Å². The number of hydrogen-bond acceptors (Lipinski definition) is 3. The van der Waals surface area contributed by atoms with E-state index < -0.39 is 17.6 Å². The second-order valence-corrected chi connectivity index (χ2v) is 8.57. The van der Waals surface area contributed by atoms with Crippen molar-refractivity contribution in [2.45, 2.75) is 19.3 Å². The van der Waals surface area contributed by atoms with Crippen molar-refractivity contribution in [1.82, 2.24) is 9.78 Å². The average molecular weight is 502 g/mol. The summed E-state index contributed by atoms with van der Waals surface area (Å²) in [6, 6.07) is 27.5. The van der Waals surface area contributed by atoms with E-state index >= 15 is 0 Å². The number of carbonyl (C=O) groups excluding carboxylic acids is 1. The van der Waals surface area contributed by atoms with Crippen molar-refractivity contribution in [1.29, 1.82) is 0 Å². The fourth-order valence-electron chi connectivity index (χ4n) is 4.25. The van der Waals surface area contributed by atoms with E-state index in [1.165, 1.54) is 6.07 Å². The molecule has 1 amide bonds. The summed E-state index contributed by atoms with van der Waals surface area (Å²) >= 11 is 0. The number of amides is 1. The normalized spacial score (nSPS) is 11.5. The molecular weight excluding hydrogens is 479 g/mol. The molecule has 1 heterocycles. The summed E-state index contributed by atoms with van der Waals surface area (Å²) < 4.78 is 48.7. The maximum atomic E-state index is 13.7. The standard InChI is InChI=1S/C29H22F3N3O2/c30-29(31,32)25-11-5-10-24-26(25)34-35(17-19-6-2-1-3-7-19)27(24)21-12-14-23(15-13-21)37-18-20-8-4-9-22(16-20)28(33)36/h1-16H,17-18H2,(H2,33,36). The molecule has 0 saturated carbocycles. The number of nitrogens with zero attached hydrogens (tertiary/aromatic N) is 2. The van der Waals surface area contributed by atoms with Gasteiger partial charge in [-0.05, 0) is 53.6 Å². The average Bonchev–Trinajstić information content (AvgIpc) is 3.25. The number of fused-ring (bicyclic) bond motifs is 1. The van der Waals surface area contributed by atoms with Crippen LogP contribution in [0.4, 0.5) is 13.2 Å². The van der Waals surface area contributed by atoms with E-state index in [1.54, 1.807) is 53.2 Å². The summed E-state index contributed by atoms with van der Waals surface area (Å²) in [6.45, 7) is 0.543. The first kappa shape index (κ1) is 24.1. The van der Waals surface area contributed by atoms with Crippen LogP contribution < -0.4 is 10.5 Å². The zero-order valence-corrected chi connectivity index (χ0v) is 19.6. The number of alkyl halides is 3. The Labute approximate surface area is 210 Å². The lowest BCUT2D eigenvalue weighted by Crippen LogP contribution is -2.11. The molecule has 0 radical (unpaired) electrons. The molecule has 5 rings (SSSR count). The van der Waals surface area contributed by atoms with E-state index in [9.17, 15) is 18.0 Å². The van der Waals surface area contributed by atoms with Crippen LogP contribution in [0.1, 0.15) is 27.0 Å². The number of nitrogens with two attached hydrogens (primary N) is 1. The maximum Gasteiger partial charge on any atom is 0.418 e. The molecule has 0 saturated heterocycles. The largest absolute Gasteiger partial charge is 0.489 e. The Morgan fingerprint density at radius 3 is 2.27 bits per heavy atom. The Hall–Kier alpha value is -4.59. The zero-order chi connectivity index (χ0) is 26.0. The molecule has 0 spiro atoms. The van der Waals surface area contributed by atoms with E-state index in [1.807, 2.05) is 36.4 Å². The van der Waals surface area contributed by atoms with Gasteiger partial charge >= 0.3 is 6.18 Å². The predicted octanol–water partition coefficient (Wildman–Crippen LogP) is 6.45. The molecule has 5 aromatic rings. The van der Waals surface area contributed by atoms with Gasteiger partial charge in [-0.25, -0.2) is 0 Å². The highest BCUT2D eigenvalue weighted by molar-refractivity contribution is 5.95. The predicted molar refractivity (Wildman–Crippen MR) is 135 cm³/mol. The van der Waals surface area contributed by atoms with Crippen molar-refractivity contribution in [3.63, 3.8) is 0 Å². The highest BCUT2D eigenvalue weighted by Crippen LogP contribution is 2.38. The maximum absolute atomic E-state index is 13.7. The van der Waals surface area contributed by atoms with Crippen molar-refractivity contribution in [3.05, 3.63) is 119 Å². The van der Waals surface area contributed by atoms with Crippen LogP contribution in [0, 0.1) is 0 Å². The van der Waals surface area contributed by atoms with E-state index in [4.69, 9.17) is 10.5 Å². The topological polar surface area (TPSA) is 70.1 Å². The van der Waals surface area contributed by atoms with Crippen molar-refractivity contribution >= 4 is 16.8 Å². The lowest BCUT2D eigenvalue weighted by molar-refractivity contribution is -0.136. The Bertz CT molecular complexity index is 1560. The van der Waals surface area contributed by atoms with Crippen LogP contribution in [0.3, 0.4) is 0 Å². The van der Waals surface area contributed by atoms with Gasteiger partial charge in [0.05, 0.1) is 17.8 Å². The Morgan fingerprint density at radius 2 is 1.57 bits per heavy atom. The molecule has 0 aliphatic rings. The van der Waals surface area contributed by atoms with E-state index in [2.05, 4.69) is 5.10 Å². The van der Waals surface area contributed by atoms with Crippen molar-refractivity contribution in [2.24, 2.45) is 5.73 Å². The molecule has 0 atom stereocenters. The van der Waals surface area contributed by atoms with Gasteiger partial charge in [-0.2, -0.15) is 18.3 Å². The van der Waals surface area contributed by atoms with Gasteiger partial charge < -0.3 is 10.5 Å². The number of rotatable bonds is 7. The monoisotopic (exact) mass is 501 g/mol. The summed E-state index contributed by atoms with van der Waals surface area (Å²) in [5.74, 6) is 0.0573. The minimum absolute atomic E-state index is 0.0874. The molecule has 4 aromatic carbocycles. The summed E-state index contributed by atoms with van der Waals surface area (Å²) in [6.07, 6.45) is -4.52. The number of halogens is 3. The highest BCUT2D eigenvalue weighted by Gasteiger charge is 2.34. The van der Waals surface area contributed by atoms with Crippen molar-refractivity contribution < 1.29 is 22.7 Å². The van der Waals surface area contributed by atoms with Gasteiger partial charge in [-0.15, -0.1) is 0 Å². The number of benzene rings is 4. The van der Waals surface area contributed by atoms with Gasteiger partial charge in [0.15, 0.2) is 0 Å². The van der Waals surface area contributed by atoms with Gasteiger partial charge in [0.2, 0.25) is 5.91 Å². The minimum atomic E-state index is -4.52. The molecule has 5 nitrogen and oxygen atoms in total. The number of carbonyl (C=O) groups is 1. The fourth-order valence-corrected chi connectivity index (χ4v) is 4.25. The zero-order valence-electron chi connectivity index (χ0n) is 19.6. The minimum Gasteiger partial charge on any atom is -0.489 e. The fraction of sp³-hybridized carbons (Fsp3) is 0.103. The first-order valence-electron chi connectivity index (χ1n) is 11.5. The number of ether oxygens (including phenoxy) is 1. The summed E-state index contributed by atoms with van der Waals surface area (Å²) in [4.78, 5) is 11.4. The van der Waals surface area contributed by atoms with Gasteiger partial charge in [-0.3, -0.25) is 9.48 Å². The Morgan fingerprint density at radius 1 is 0.865 bits per heavy atom. The molecular formula is C29H22F3N3O2. The van der Waals surface area contributed by atoms with E-state index in [-0.39, 0.29) is 12.1 Å². The van der Waals surface area contributed by atoms with E-state index in [0.29, 0.717) is 34.5 Å². The summed E-state index contributed by atoms with van der Waals surface area (Å²) in [5, 5.41) is 4.82. The van der Waals surface area contributed by atoms with Gasteiger partial charge in [-0.1, -0.05) is 54.6 Å². The molecule has 8 heteroatoms.